The van der Waals surface area contributed by atoms with E-state index in [-0.39, 0.29) is 96.9 Å². The van der Waals surface area contributed by atoms with E-state index in [2.05, 4.69) is 26.2 Å². The number of unbranched alkanes of at least 4 members (excludes halogenated alkanes) is 2. The van der Waals surface area contributed by atoms with Gasteiger partial charge in [0.25, 0.3) is 42.2 Å². The summed E-state index contributed by atoms with van der Waals surface area (Å²) >= 11 is 0. The zero-order valence-electron chi connectivity index (χ0n) is 65.0. The summed E-state index contributed by atoms with van der Waals surface area (Å²) in [7, 11) is -18.2. The number of benzene rings is 5. The van der Waals surface area contributed by atoms with E-state index in [4.69, 9.17) is 4.74 Å². The minimum absolute atomic E-state index is 0.0130. The van der Waals surface area contributed by atoms with Crippen molar-refractivity contribution in [3.8, 4) is 5.75 Å². The summed E-state index contributed by atoms with van der Waals surface area (Å²) in [6.45, 7) is 13.0. The number of hydrogen-bond acceptors (Lipinski definition) is 19. The molecule has 115 heavy (non-hydrogen) atoms. The van der Waals surface area contributed by atoms with E-state index in [1.807, 2.05) is 73.6 Å². The number of aliphatic carboxylic acids is 2. The summed E-state index contributed by atoms with van der Waals surface area (Å²) in [5.41, 5.74) is 3.79. The molecule has 5 aromatic rings. The van der Waals surface area contributed by atoms with Gasteiger partial charge in [0, 0.05) is 95.3 Å². The molecule has 3 aliphatic heterocycles. The quantitative estimate of drug-likeness (QED) is 0.0110. The number of ether oxygens (including phenoxy) is 1. The Morgan fingerprint density at radius 1 is 0.678 bits per heavy atom. The second kappa shape index (κ2) is 35.7. The van der Waals surface area contributed by atoms with Crippen LogP contribution >= 0.6 is 0 Å². The predicted molar refractivity (Wildman–Crippen MR) is 430 cm³/mol. The van der Waals surface area contributed by atoms with Crippen LogP contribution in [0.5, 0.6) is 5.75 Å². The largest absolute Gasteiger partial charge is 0.748 e. The minimum Gasteiger partial charge on any atom is -0.748 e. The third kappa shape index (κ3) is 22.0. The van der Waals surface area contributed by atoms with Gasteiger partial charge in [0.2, 0.25) is 11.6 Å². The van der Waals surface area contributed by atoms with Crippen LogP contribution in [0, 0.1) is 5.41 Å². The first-order chi connectivity index (χ1) is 53.9. The number of carboxylic acids is 2. The van der Waals surface area contributed by atoms with Gasteiger partial charge in [-0.05, 0) is 179 Å². The molecule has 0 spiro atoms. The van der Waals surface area contributed by atoms with Crippen LogP contribution in [0.3, 0.4) is 0 Å². The smallest absolute Gasteiger partial charge is 0.326 e. The summed E-state index contributed by atoms with van der Waals surface area (Å²) in [4.78, 5) is 99.7. The van der Waals surface area contributed by atoms with E-state index in [1.54, 1.807) is 63.2 Å². The monoisotopic (exact) mass is 1660 g/mol. The Labute approximate surface area is 669 Å². The number of fused-ring (bicyclic) bond motifs is 3. The Balaban J connectivity index is 0.860. The van der Waals surface area contributed by atoms with Gasteiger partial charge in [0.05, 0.1) is 49.0 Å². The maximum absolute atomic E-state index is 14.6. The van der Waals surface area contributed by atoms with Crippen LogP contribution in [0.25, 0.3) is 0 Å². The number of rotatable bonds is 32. The van der Waals surface area contributed by atoms with E-state index in [9.17, 15) is 95.7 Å². The molecule has 5 aliphatic rings. The number of carboxylic acid groups (broad SMARTS) is 2. The molecule has 1 fully saturated rings. The van der Waals surface area contributed by atoms with Crippen LogP contribution in [0.1, 0.15) is 165 Å². The Morgan fingerprint density at radius 3 is 1.97 bits per heavy atom. The lowest BCUT2D eigenvalue weighted by atomic mass is 9.81. The Hall–Kier alpha value is -9.94. The van der Waals surface area contributed by atoms with Crippen molar-refractivity contribution in [2.24, 2.45) is 5.41 Å². The SMILES string of the molecule is CC(C)(C)C(=O)CN1C(=O)[C@H](NC(=O)Nc2cccc(C(=O)N[C@H](CCC(=O)N[C@@H](Cc3ccc(OC4=C(C=CC5=[N+](CCCCS(=O)(=O)O)c6ccc(S(=O)(=O)O)cc6C5(C)C)CCCC4=CC=C4N(CCCCS(=O)(=O)[O-])c5ccc(S(=O)(=O)O)cc5C4(C)C)cc3)C(=O)O)C(=O)O)c2)CN(C2CCCCC2)c2ccccc21. The molecule has 618 valence electrons. The Bertz CT molecular complexity index is 5270. The van der Waals surface area contributed by atoms with Gasteiger partial charge in [0.15, 0.2) is 11.5 Å². The standard InChI is InChI=1S/C81H98N8O22S4/c1-79(2,3)71(90)50-89-68-26-12-11-25-67(68)88(56-23-9-8-10-24-56)49-64(75(89)93)85-78(98)82-55-22-18-21-54(46-55)74(92)84-62(76(94)95)35-40-72(91)83-63(77(96)97)45-51-27-31-57(32-28-51)111-73-52(29-38-69-80(4,5)60-47-58(114(105,106)107)33-36-65(60)86(69)41-13-15-43-112(99,100)101)19-17-20-53(73)30-39-70-81(6,7)61-48-59(115(108,109)110)34-37-66(61)87(70)42-14-16-44-113(102,103)104/h11-12,18,21-22,25-34,36-39,46-48,56,62-64H,8-10,13-17,19-20,23-24,35,40-45,49-50H2,1-7H3,(H9-,82,83,84,85,91,92,94,95,96,97,98,99,100,101,102,103,104,105,106,107,108,109,110)/t62-,63+,64-/m1/s1. The van der Waals surface area contributed by atoms with Crippen molar-refractivity contribution < 1.29 is 105 Å². The number of allylic oxidation sites excluding steroid dienone is 7. The number of amides is 5. The fourth-order valence-electron chi connectivity index (χ4n) is 15.3. The molecule has 34 heteroatoms. The first kappa shape index (κ1) is 87.4. The van der Waals surface area contributed by atoms with Crippen LogP contribution in [-0.2, 0) is 81.7 Å². The summed E-state index contributed by atoms with van der Waals surface area (Å²) in [6.07, 6.45) is 12.7. The van der Waals surface area contributed by atoms with E-state index in [0.717, 1.165) is 37.8 Å². The molecule has 0 aromatic heterocycles. The molecule has 3 atom stereocenters. The van der Waals surface area contributed by atoms with Gasteiger partial charge >= 0.3 is 18.0 Å². The summed E-state index contributed by atoms with van der Waals surface area (Å²) in [6, 6.07) is 22.5. The predicted octanol–water partition coefficient (Wildman–Crippen LogP) is 10.3. The topological polar surface area (TPSA) is 450 Å². The average molecular weight is 1660 g/mol. The van der Waals surface area contributed by atoms with Crippen molar-refractivity contribution in [2.45, 2.75) is 190 Å². The second-order valence-electron chi connectivity index (χ2n) is 31.6. The average Bonchev–Trinajstić information content (AvgIpc) is 1.59. The third-order valence-corrected chi connectivity index (χ3v) is 24.8. The number of nitrogens with one attached hydrogen (secondary N) is 4. The molecule has 1 saturated carbocycles. The maximum atomic E-state index is 14.6. The number of Topliss-reactive ketones (excluding diaryl/α,β-unsaturated/α-hetero) is 1. The molecular weight excluding hydrogens is 1570 g/mol. The van der Waals surface area contributed by atoms with E-state index in [0.29, 0.717) is 81.3 Å². The fraction of sp³-hybridized carbons (Fsp3) is 0.432. The highest BCUT2D eigenvalue weighted by Gasteiger charge is 2.46. The van der Waals surface area contributed by atoms with Gasteiger partial charge in [0.1, 0.15) is 36.2 Å². The Morgan fingerprint density at radius 2 is 1.33 bits per heavy atom. The lowest BCUT2D eigenvalue weighted by Crippen LogP contribution is -2.55. The molecule has 5 aromatic carbocycles. The molecule has 9 N–H and O–H groups in total. The van der Waals surface area contributed by atoms with E-state index < -0.39 is 135 Å². The van der Waals surface area contributed by atoms with Crippen molar-refractivity contribution in [3.63, 3.8) is 0 Å². The number of urea groups is 1. The zero-order chi connectivity index (χ0) is 83.9. The van der Waals surface area contributed by atoms with Crippen LogP contribution in [-0.4, -0.2) is 176 Å². The van der Waals surface area contributed by atoms with Gasteiger partial charge in [-0.2, -0.15) is 29.8 Å². The molecular formula is C81H98N8O22S4. The molecule has 10 rings (SSSR count). The number of ketones is 1. The second-order valence-corrected chi connectivity index (χ2v) is 37.5. The summed E-state index contributed by atoms with van der Waals surface area (Å²) in [5, 5.41) is 31.1. The van der Waals surface area contributed by atoms with Gasteiger partial charge in [-0.25, -0.2) is 22.8 Å². The normalized spacial score (nSPS) is 18.5. The van der Waals surface area contributed by atoms with Crippen LogP contribution in [0.15, 0.2) is 166 Å². The molecule has 0 bridgehead atoms. The van der Waals surface area contributed by atoms with Crippen molar-refractivity contribution in [3.05, 3.63) is 178 Å². The van der Waals surface area contributed by atoms with Crippen LogP contribution in [0.2, 0.25) is 0 Å². The number of anilines is 4. The highest BCUT2D eigenvalue weighted by Crippen LogP contribution is 2.50. The molecule has 0 radical (unpaired) electrons. The lowest BCUT2D eigenvalue weighted by molar-refractivity contribution is -0.438. The van der Waals surface area contributed by atoms with Crippen molar-refractivity contribution in [1.29, 1.82) is 0 Å². The highest BCUT2D eigenvalue weighted by molar-refractivity contribution is 7.86. The van der Waals surface area contributed by atoms with Crippen molar-refractivity contribution >= 4 is 116 Å². The number of hydrogen-bond donors (Lipinski definition) is 9. The van der Waals surface area contributed by atoms with E-state index >= 15 is 0 Å². The van der Waals surface area contributed by atoms with Crippen LogP contribution < -0.4 is 40.7 Å². The molecule has 0 unspecified atom stereocenters. The molecule has 2 aliphatic carbocycles. The number of carbonyl (C=O) groups excluding carboxylic acids is 5. The lowest BCUT2D eigenvalue weighted by Gasteiger charge is -2.37. The first-order valence-corrected chi connectivity index (χ1v) is 44.0. The summed E-state index contributed by atoms with van der Waals surface area (Å²) < 4.78 is 147. The molecule has 0 saturated heterocycles. The molecule has 3 heterocycles. The number of para-hydroxylation sites is 2. The molecule has 30 nitrogen and oxygen atoms in total. The van der Waals surface area contributed by atoms with Gasteiger partial charge in [-0.15, -0.1) is 0 Å². The van der Waals surface area contributed by atoms with Gasteiger partial charge in [-0.1, -0.05) is 90.3 Å². The maximum Gasteiger partial charge on any atom is 0.326 e. The van der Waals surface area contributed by atoms with Crippen molar-refractivity contribution in [2.75, 3.05) is 57.7 Å². The first-order valence-electron chi connectivity index (χ1n) is 38.0. The summed E-state index contributed by atoms with van der Waals surface area (Å²) in [5.74, 6) is -5.89. The molecule has 5 amide bonds. The number of nitrogens with zero attached hydrogens (tertiary/aromatic N) is 4. The minimum atomic E-state index is -4.67. The zero-order valence-corrected chi connectivity index (χ0v) is 68.2. The van der Waals surface area contributed by atoms with E-state index in [1.165, 1.54) is 59.5 Å². The third-order valence-electron chi connectivity index (χ3n) is 21.5. The van der Waals surface area contributed by atoms with Gasteiger partial charge < -0.3 is 55.5 Å². The van der Waals surface area contributed by atoms with Gasteiger partial charge in [-0.3, -0.25) is 32.8 Å². The van der Waals surface area contributed by atoms with Crippen molar-refractivity contribution in [1.82, 2.24) is 16.0 Å². The Kier molecular flexibility index (Phi) is 27.1. The fourth-order valence-corrected chi connectivity index (χ4v) is 17.4. The number of carbonyl (C=O) groups is 7. The van der Waals surface area contributed by atoms with Crippen LogP contribution in [0.4, 0.5) is 33.2 Å². The highest BCUT2D eigenvalue weighted by atomic mass is 32.2.